The summed E-state index contributed by atoms with van der Waals surface area (Å²) in [5, 5.41) is 2.20. The second-order valence-corrected chi connectivity index (χ2v) is 10.1. The highest BCUT2D eigenvalue weighted by molar-refractivity contribution is 6.07. The monoisotopic (exact) mass is 486 g/mol. The van der Waals surface area contributed by atoms with Crippen molar-refractivity contribution in [2.75, 3.05) is 0 Å². The number of para-hydroxylation sites is 1. The fraction of sp³-hybridized carbons (Fsp3) is 0.129. The number of pyridine rings is 3. The van der Waals surface area contributed by atoms with Crippen LogP contribution in [0.15, 0.2) is 102 Å². The van der Waals surface area contributed by atoms with E-state index in [1.54, 1.807) is 18.6 Å². The normalized spacial score (nSPS) is 11.8. The van der Waals surface area contributed by atoms with Crippen molar-refractivity contribution in [2.24, 2.45) is 0 Å². The van der Waals surface area contributed by atoms with Gasteiger partial charge < -0.3 is 9.72 Å². The van der Waals surface area contributed by atoms with Crippen molar-refractivity contribution in [3.8, 4) is 28.6 Å². The molecule has 6 nitrogen and oxygen atoms in total. The highest BCUT2D eigenvalue weighted by Gasteiger charge is 2.20. The molecule has 6 aromatic rings. The van der Waals surface area contributed by atoms with Crippen LogP contribution in [-0.4, -0.2) is 19.5 Å². The molecule has 6 heteroatoms. The Labute approximate surface area is 214 Å². The van der Waals surface area contributed by atoms with Gasteiger partial charge in [0.1, 0.15) is 17.2 Å². The molecule has 0 saturated heterocycles. The topological polar surface area (TPSA) is 72.8 Å². The Morgan fingerprint density at radius 3 is 2.57 bits per heavy atom. The SMILES string of the molecule is CC(C)(C)c1cc(Oc2cccc(-c3c[nH]ccc3=O)c2)nc(-n2c3ccccc3c3cccnc32)c1. The maximum absolute atomic E-state index is 12.4. The number of rotatable bonds is 4. The number of hydrogen-bond acceptors (Lipinski definition) is 4. The molecule has 2 aromatic carbocycles. The van der Waals surface area contributed by atoms with Crippen molar-refractivity contribution in [2.45, 2.75) is 26.2 Å². The molecule has 182 valence electrons. The first-order chi connectivity index (χ1) is 17.9. The third-order valence-electron chi connectivity index (χ3n) is 6.51. The van der Waals surface area contributed by atoms with Gasteiger partial charge in [0.25, 0.3) is 0 Å². The van der Waals surface area contributed by atoms with E-state index in [4.69, 9.17) is 14.7 Å². The van der Waals surface area contributed by atoms with Crippen molar-refractivity contribution >= 4 is 21.9 Å². The van der Waals surface area contributed by atoms with E-state index in [1.807, 2.05) is 48.5 Å². The van der Waals surface area contributed by atoms with E-state index in [0.717, 1.165) is 38.9 Å². The van der Waals surface area contributed by atoms with Crippen molar-refractivity contribution in [1.29, 1.82) is 0 Å². The minimum atomic E-state index is -0.138. The highest BCUT2D eigenvalue weighted by Crippen LogP contribution is 2.34. The molecule has 4 aromatic heterocycles. The Kier molecular flexibility index (Phi) is 5.37. The maximum atomic E-state index is 12.4. The molecular weight excluding hydrogens is 460 g/mol. The fourth-order valence-corrected chi connectivity index (χ4v) is 4.61. The minimum Gasteiger partial charge on any atom is -0.439 e. The molecule has 0 amide bonds. The summed E-state index contributed by atoms with van der Waals surface area (Å²) in [6.07, 6.45) is 5.13. The van der Waals surface area contributed by atoms with E-state index >= 15 is 0 Å². The molecule has 0 fully saturated rings. The van der Waals surface area contributed by atoms with E-state index in [2.05, 4.69) is 54.6 Å². The van der Waals surface area contributed by atoms with Crippen LogP contribution in [0.2, 0.25) is 0 Å². The number of benzene rings is 2. The van der Waals surface area contributed by atoms with Gasteiger partial charge >= 0.3 is 0 Å². The van der Waals surface area contributed by atoms with Crippen molar-refractivity contribution in [3.05, 3.63) is 113 Å². The lowest BCUT2D eigenvalue weighted by atomic mass is 9.87. The minimum absolute atomic E-state index is 0.0510. The van der Waals surface area contributed by atoms with Crippen LogP contribution < -0.4 is 10.2 Å². The highest BCUT2D eigenvalue weighted by atomic mass is 16.5. The summed E-state index contributed by atoms with van der Waals surface area (Å²) < 4.78 is 8.41. The average molecular weight is 487 g/mol. The molecule has 0 radical (unpaired) electrons. The lowest BCUT2D eigenvalue weighted by molar-refractivity contribution is 0.458. The number of nitrogens with one attached hydrogen (secondary N) is 1. The van der Waals surface area contributed by atoms with Crippen molar-refractivity contribution in [1.82, 2.24) is 19.5 Å². The number of hydrogen-bond donors (Lipinski definition) is 1. The fourth-order valence-electron chi connectivity index (χ4n) is 4.61. The van der Waals surface area contributed by atoms with Gasteiger partial charge in [0.15, 0.2) is 5.43 Å². The standard InChI is InChI=1S/C31H26N4O2/c1-31(2,3)21-17-28(35-26-12-5-4-10-23(26)24-11-7-14-33-30(24)35)34-29(18-21)37-22-9-6-8-20(16-22)25-19-32-15-13-27(25)36/h4-19H,1-3H3,(H,32,36). The van der Waals surface area contributed by atoms with Gasteiger partial charge in [-0.05, 0) is 52.9 Å². The van der Waals surface area contributed by atoms with Gasteiger partial charge in [-0.25, -0.2) is 4.98 Å². The van der Waals surface area contributed by atoms with Crippen LogP contribution in [0.5, 0.6) is 11.6 Å². The molecule has 37 heavy (non-hydrogen) atoms. The first kappa shape index (κ1) is 22.7. The van der Waals surface area contributed by atoms with Crippen LogP contribution in [0.3, 0.4) is 0 Å². The molecular formula is C31H26N4O2. The number of fused-ring (bicyclic) bond motifs is 3. The first-order valence-corrected chi connectivity index (χ1v) is 12.2. The molecule has 4 heterocycles. The van der Waals surface area contributed by atoms with Gasteiger partial charge in [0.05, 0.1) is 5.52 Å². The third-order valence-corrected chi connectivity index (χ3v) is 6.51. The zero-order chi connectivity index (χ0) is 25.6. The Morgan fingerprint density at radius 2 is 1.73 bits per heavy atom. The van der Waals surface area contributed by atoms with E-state index < -0.39 is 0 Å². The zero-order valence-electron chi connectivity index (χ0n) is 20.9. The van der Waals surface area contributed by atoms with Crippen LogP contribution in [0.4, 0.5) is 0 Å². The number of nitrogens with zero attached hydrogens (tertiary/aromatic N) is 3. The van der Waals surface area contributed by atoms with E-state index in [9.17, 15) is 4.79 Å². The van der Waals surface area contributed by atoms with Gasteiger partial charge in [-0.3, -0.25) is 9.36 Å². The molecule has 1 N–H and O–H groups in total. The van der Waals surface area contributed by atoms with Crippen LogP contribution in [-0.2, 0) is 5.41 Å². The number of ether oxygens (including phenoxy) is 1. The summed E-state index contributed by atoms with van der Waals surface area (Å²) in [5.41, 5.74) is 4.14. The largest absolute Gasteiger partial charge is 0.439 e. The van der Waals surface area contributed by atoms with E-state index in [-0.39, 0.29) is 10.8 Å². The second-order valence-electron chi connectivity index (χ2n) is 10.1. The molecule has 0 spiro atoms. The van der Waals surface area contributed by atoms with Gasteiger partial charge in [-0.2, -0.15) is 4.98 Å². The summed E-state index contributed by atoms with van der Waals surface area (Å²) in [4.78, 5) is 25.0. The number of aromatic amines is 1. The number of H-pyrrole nitrogens is 1. The van der Waals surface area contributed by atoms with E-state index in [0.29, 0.717) is 17.2 Å². The molecule has 0 unspecified atom stereocenters. The maximum Gasteiger partial charge on any atom is 0.221 e. The van der Waals surface area contributed by atoms with Gasteiger partial charge in [0.2, 0.25) is 5.88 Å². The van der Waals surface area contributed by atoms with Crippen molar-refractivity contribution < 1.29 is 4.74 Å². The Balaban J connectivity index is 1.51. The summed E-state index contributed by atoms with van der Waals surface area (Å²) >= 11 is 0. The quantitative estimate of drug-likeness (QED) is 0.291. The van der Waals surface area contributed by atoms with Crippen LogP contribution in [0.1, 0.15) is 26.3 Å². The van der Waals surface area contributed by atoms with Gasteiger partial charge in [-0.1, -0.05) is 51.1 Å². The lowest BCUT2D eigenvalue weighted by Crippen LogP contribution is -2.13. The van der Waals surface area contributed by atoms with Crippen LogP contribution >= 0.6 is 0 Å². The predicted molar refractivity (Wildman–Crippen MR) is 148 cm³/mol. The Bertz CT molecular complexity index is 1770. The molecule has 0 atom stereocenters. The molecule has 0 aliphatic heterocycles. The van der Waals surface area contributed by atoms with Crippen LogP contribution in [0.25, 0.3) is 38.9 Å². The van der Waals surface area contributed by atoms with Gasteiger partial charge in [-0.15, -0.1) is 0 Å². The summed E-state index contributed by atoms with van der Waals surface area (Å²) in [6, 6.07) is 25.4. The van der Waals surface area contributed by atoms with Gasteiger partial charge in [0, 0.05) is 47.1 Å². The van der Waals surface area contributed by atoms with Crippen LogP contribution in [0, 0.1) is 0 Å². The second kappa shape index (κ2) is 8.75. The molecule has 0 aliphatic rings. The molecule has 0 bridgehead atoms. The van der Waals surface area contributed by atoms with E-state index in [1.165, 1.54) is 6.07 Å². The Hall–Kier alpha value is -4.71. The molecule has 0 aliphatic carbocycles. The third kappa shape index (κ3) is 4.16. The zero-order valence-corrected chi connectivity index (χ0v) is 20.9. The Morgan fingerprint density at radius 1 is 0.892 bits per heavy atom. The lowest BCUT2D eigenvalue weighted by Gasteiger charge is -2.21. The smallest absolute Gasteiger partial charge is 0.221 e. The number of aromatic nitrogens is 4. The molecule has 6 rings (SSSR count). The summed E-state index contributed by atoms with van der Waals surface area (Å²) in [7, 11) is 0. The summed E-state index contributed by atoms with van der Waals surface area (Å²) in [6.45, 7) is 6.51. The molecule has 0 saturated carbocycles. The van der Waals surface area contributed by atoms with Crippen molar-refractivity contribution in [3.63, 3.8) is 0 Å². The summed E-state index contributed by atoms with van der Waals surface area (Å²) in [5.74, 6) is 1.82. The first-order valence-electron chi connectivity index (χ1n) is 12.2. The average Bonchev–Trinajstić information content (AvgIpc) is 3.23. The predicted octanol–water partition coefficient (Wildman–Crippen LogP) is 7.02.